The third-order valence-electron chi connectivity index (χ3n) is 3.68. The third kappa shape index (κ3) is 5.83. The van der Waals surface area contributed by atoms with Crippen molar-refractivity contribution in [2.75, 3.05) is 32.8 Å². The predicted molar refractivity (Wildman–Crippen MR) is 95.1 cm³/mol. The van der Waals surface area contributed by atoms with E-state index >= 15 is 0 Å². The van der Waals surface area contributed by atoms with E-state index in [1.165, 1.54) is 0 Å². The van der Waals surface area contributed by atoms with Gasteiger partial charge in [-0.05, 0) is 40.1 Å². The second-order valence-electron chi connectivity index (χ2n) is 5.75. The lowest BCUT2D eigenvalue weighted by atomic mass is 10.0. The van der Waals surface area contributed by atoms with Gasteiger partial charge in [-0.2, -0.15) is 0 Å². The van der Waals surface area contributed by atoms with E-state index in [-0.39, 0.29) is 11.9 Å². The van der Waals surface area contributed by atoms with Crippen LogP contribution in [0.4, 0.5) is 0 Å². The van der Waals surface area contributed by atoms with Crippen molar-refractivity contribution in [3.63, 3.8) is 0 Å². The minimum atomic E-state index is -0.0310. The fourth-order valence-electron chi connectivity index (χ4n) is 2.29. The van der Waals surface area contributed by atoms with Gasteiger partial charge in [0.2, 0.25) is 5.91 Å². The summed E-state index contributed by atoms with van der Waals surface area (Å²) in [4.78, 5) is 15.6. The molecule has 22 heavy (non-hydrogen) atoms. The maximum absolute atomic E-state index is 12.1. The molecule has 1 aromatic heterocycles. The highest BCUT2D eigenvalue weighted by Gasteiger charge is 2.20. The molecule has 1 saturated heterocycles. The number of nitrogens with zero attached hydrogens (tertiary/aromatic N) is 1. The molecule has 122 valence electrons. The Morgan fingerprint density at radius 3 is 2.77 bits per heavy atom. The Balaban J connectivity index is 1.86. The van der Waals surface area contributed by atoms with Crippen molar-refractivity contribution in [3.8, 4) is 0 Å². The molecule has 0 bridgehead atoms. The summed E-state index contributed by atoms with van der Waals surface area (Å²) in [7, 11) is 0. The first-order valence-corrected chi connectivity index (χ1v) is 9.19. The van der Waals surface area contributed by atoms with Crippen molar-refractivity contribution in [2.24, 2.45) is 5.92 Å². The molecule has 1 aliphatic rings. The lowest BCUT2D eigenvalue weighted by Gasteiger charge is -2.32. The first-order chi connectivity index (χ1) is 10.5. The van der Waals surface area contributed by atoms with Crippen molar-refractivity contribution in [1.29, 1.82) is 0 Å². The molecule has 1 aromatic rings. The van der Waals surface area contributed by atoms with E-state index in [4.69, 9.17) is 4.74 Å². The molecule has 1 unspecified atom stereocenters. The van der Waals surface area contributed by atoms with Gasteiger partial charge in [-0.25, -0.2) is 0 Å². The molecule has 1 fully saturated rings. The lowest BCUT2D eigenvalue weighted by molar-refractivity contribution is -0.117. The van der Waals surface area contributed by atoms with Gasteiger partial charge in [0.05, 0.1) is 17.0 Å². The smallest absolute Gasteiger partial charge is 0.244 e. The van der Waals surface area contributed by atoms with Crippen LogP contribution in [0.15, 0.2) is 22.0 Å². The van der Waals surface area contributed by atoms with Crippen molar-refractivity contribution in [3.05, 3.63) is 26.9 Å². The average Bonchev–Trinajstić information content (AvgIpc) is 2.91. The van der Waals surface area contributed by atoms with Crippen LogP contribution < -0.4 is 5.32 Å². The number of thiophene rings is 1. The van der Waals surface area contributed by atoms with Gasteiger partial charge in [-0.15, -0.1) is 11.3 Å². The summed E-state index contributed by atoms with van der Waals surface area (Å²) < 4.78 is 6.44. The Hall–Kier alpha value is -0.690. The summed E-state index contributed by atoms with van der Waals surface area (Å²) in [5.41, 5.74) is 0. The molecule has 0 saturated carbocycles. The topological polar surface area (TPSA) is 41.6 Å². The number of ether oxygens (including phenoxy) is 1. The molecule has 6 heteroatoms. The van der Waals surface area contributed by atoms with Crippen LogP contribution in [0.25, 0.3) is 6.08 Å². The number of carbonyl (C=O) groups excluding carboxylic acids is 1. The number of morpholine rings is 1. The fraction of sp³-hybridized carbons (Fsp3) is 0.562. The van der Waals surface area contributed by atoms with Crippen molar-refractivity contribution < 1.29 is 9.53 Å². The molecule has 2 rings (SSSR count). The first-order valence-electron chi connectivity index (χ1n) is 7.58. The molecule has 0 spiro atoms. The van der Waals surface area contributed by atoms with Gasteiger partial charge in [0.1, 0.15) is 0 Å². The van der Waals surface area contributed by atoms with Crippen LogP contribution in [0.3, 0.4) is 0 Å². The molecule has 1 atom stereocenters. The van der Waals surface area contributed by atoms with Gasteiger partial charge in [0.25, 0.3) is 0 Å². The van der Waals surface area contributed by atoms with E-state index in [2.05, 4.69) is 40.0 Å². The zero-order chi connectivity index (χ0) is 15.9. The quantitative estimate of drug-likeness (QED) is 0.763. The lowest BCUT2D eigenvalue weighted by Crippen LogP contribution is -2.49. The molecule has 0 aliphatic carbocycles. The second kappa shape index (κ2) is 8.82. The predicted octanol–water partition coefficient (Wildman–Crippen LogP) is 3.00. The van der Waals surface area contributed by atoms with E-state index in [9.17, 15) is 4.79 Å². The average molecular weight is 387 g/mol. The van der Waals surface area contributed by atoms with E-state index in [1.807, 2.05) is 18.2 Å². The monoisotopic (exact) mass is 386 g/mol. The Bertz CT molecular complexity index is 510. The molecule has 1 amide bonds. The maximum atomic E-state index is 12.1. The van der Waals surface area contributed by atoms with Gasteiger partial charge in [-0.1, -0.05) is 13.8 Å². The summed E-state index contributed by atoms with van der Waals surface area (Å²) in [6, 6.07) is 4.13. The number of hydrogen-bond donors (Lipinski definition) is 1. The number of nitrogens with one attached hydrogen (secondary N) is 1. The zero-order valence-corrected chi connectivity index (χ0v) is 15.5. The maximum Gasteiger partial charge on any atom is 0.244 e. The van der Waals surface area contributed by atoms with E-state index in [0.29, 0.717) is 5.92 Å². The summed E-state index contributed by atoms with van der Waals surface area (Å²) in [6.45, 7) is 8.62. The summed E-state index contributed by atoms with van der Waals surface area (Å²) >= 11 is 5.03. The summed E-state index contributed by atoms with van der Waals surface area (Å²) in [6.07, 6.45) is 3.48. The van der Waals surface area contributed by atoms with E-state index in [1.54, 1.807) is 17.4 Å². The molecule has 1 aliphatic heterocycles. The van der Waals surface area contributed by atoms with Crippen LogP contribution >= 0.6 is 27.3 Å². The van der Waals surface area contributed by atoms with Crippen molar-refractivity contribution >= 4 is 39.2 Å². The van der Waals surface area contributed by atoms with E-state index < -0.39 is 0 Å². The number of halogens is 1. The van der Waals surface area contributed by atoms with Crippen LogP contribution in [0.2, 0.25) is 0 Å². The van der Waals surface area contributed by atoms with Crippen LogP contribution in [0, 0.1) is 5.92 Å². The molecule has 1 N–H and O–H groups in total. The van der Waals surface area contributed by atoms with Gasteiger partial charge >= 0.3 is 0 Å². The standard InChI is InChI=1S/C16H23BrN2O2S/c1-12(2)14(11-19-7-9-21-10-8-19)18-16(20)6-4-13-3-5-15(17)22-13/h3-6,12,14H,7-11H2,1-2H3,(H,18,20)/b6-4+. The molecular formula is C16H23BrN2O2S. The van der Waals surface area contributed by atoms with Crippen LogP contribution in [0.1, 0.15) is 18.7 Å². The Morgan fingerprint density at radius 2 is 2.18 bits per heavy atom. The van der Waals surface area contributed by atoms with Crippen molar-refractivity contribution in [2.45, 2.75) is 19.9 Å². The molecule has 2 heterocycles. The molecule has 0 radical (unpaired) electrons. The molecular weight excluding hydrogens is 364 g/mol. The van der Waals surface area contributed by atoms with Crippen molar-refractivity contribution in [1.82, 2.24) is 10.2 Å². The minimum absolute atomic E-state index is 0.0310. The van der Waals surface area contributed by atoms with Gasteiger partial charge in [-0.3, -0.25) is 9.69 Å². The van der Waals surface area contributed by atoms with Crippen LogP contribution in [-0.2, 0) is 9.53 Å². The molecule has 4 nitrogen and oxygen atoms in total. The second-order valence-corrected chi connectivity index (χ2v) is 8.24. The van der Waals surface area contributed by atoms with Crippen LogP contribution in [-0.4, -0.2) is 49.7 Å². The Labute approximate surface area is 144 Å². The first kappa shape index (κ1) is 17.7. The molecule has 0 aromatic carbocycles. The highest BCUT2D eigenvalue weighted by molar-refractivity contribution is 9.11. The Kier molecular flexibility index (Phi) is 7.08. The Morgan fingerprint density at radius 1 is 1.45 bits per heavy atom. The van der Waals surface area contributed by atoms with Gasteiger partial charge in [0, 0.05) is 36.6 Å². The number of amides is 1. The summed E-state index contributed by atoms with van der Waals surface area (Å²) in [5, 5.41) is 3.13. The third-order valence-corrected chi connectivity index (χ3v) is 5.27. The fourth-order valence-corrected chi connectivity index (χ4v) is 3.62. The highest BCUT2D eigenvalue weighted by atomic mass is 79.9. The van der Waals surface area contributed by atoms with Crippen LogP contribution in [0.5, 0.6) is 0 Å². The SMILES string of the molecule is CC(C)C(CN1CCOCC1)NC(=O)/C=C/c1ccc(Br)s1. The van der Waals surface area contributed by atoms with Gasteiger partial charge in [0.15, 0.2) is 0 Å². The highest BCUT2D eigenvalue weighted by Crippen LogP contribution is 2.22. The van der Waals surface area contributed by atoms with Gasteiger partial charge < -0.3 is 10.1 Å². The number of carbonyl (C=O) groups is 1. The zero-order valence-electron chi connectivity index (χ0n) is 13.0. The van der Waals surface area contributed by atoms with E-state index in [0.717, 1.165) is 41.5 Å². The summed E-state index contributed by atoms with van der Waals surface area (Å²) in [5.74, 6) is 0.368. The normalized spacial score (nSPS) is 18.0. The number of rotatable bonds is 6. The largest absolute Gasteiger partial charge is 0.379 e. The minimum Gasteiger partial charge on any atom is -0.379 e. The number of hydrogen-bond acceptors (Lipinski definition) is 4.